The summed E-state index contributed by atoms with van der Waals surface area (Å²) in [5.74, 6) is 1.57. The number of furan rings is 1. The van der Waals surface area contributed by atoms with E-state index in [1.807, 2.05) is 36.1 Å². The number of carbonyl (C=O) groups is 1. The Morgan fingerprint density at radius 1 is 1.32 bits per heavy atom. The molecule has 1 aliphatic rings. The minimum atomic E-state index is -0.0246. The summed E-state index contributed by atoms with van der Waals surface area (Å²) < 4.78 is 5.77. The van der Waals surface area contributed by atoms with E-state index >= 15 is 0 Å². The molecule has 4 nitrogen and oxygen atoms in total. The van der Waals surface area contributed by atoms with E-state index in [9.17, 15) is 4.79 Å². The number of aryl methyl sites for hydroxylation is 1. The molecule has 3 rings (SSSR count). The molecule has 1 atom stereocenters. The molecule has 2 N–H and O–H groups in total. The van der Waals surface area contributed by atoms with Crippen LogP contribution >= 0.6 is 0 Å². The van der Waals surface area contributed by atoms with Gasteiger partial charge >= 0.3 is 0 Å². The van der Waals surface area contributed by atoms with Gasteiger partial charge in [0.1, 0.15) is 5.76 Å². The Morgan fingerprint density at radius 2 is 2.14 bits per heavy atom. The zero-order valence-electron chi connectivity index (χ0n) is 13.1. The highest BCUT2D eigenvalue weighted by Crippen LogP contribution is 2.29. The lowest BCUT2D eigenvalue weighted by Crippen LogP contribution is -2.38. The monoisotopic (exact) mass is 298 g/mol. The van der Waals surface area contributed by atoms with Crippen LogP contribution in [0.4, 0.5) is 5.69 Å². The van der Waals surface area contributed by atoms with Gasteiger partial charge in [0, 0.05) is 24.3 Å². The van der Waals surface area contributed by atoms with Gasteiger partial charge in [-0.05, 0) is 55.5 Å². The predicted octanol–water partition coefficient (Wildman–Crippen LogP) is 3.71. The Hall–Kier alpha value is -2.23. The predicted molar refractivity (Wildman–Crippen MR) is 87.6 cm³/mol. The van der Waals surface area contributed by atoms with E-state index in [0.717, 1.165) is 30.6 Å². The number of hydrogen-bond donors (Lipinski definition) is 1. The van der Waals surface area contributed by atoms with E-state index in [0.29, 0.717) is 23.1 Å². The summed E-state index contributed by atoms with van der Waals surface area (Å²) in [6.45, 7) is 5.79. The third-order valence-corrected chi connectivity index (χ3v) is 4.23. The van der Waals surface area contributed by atoms with E-state index < -0.39 is 0 Å². The zero-order chi connectivity index (χ0) is 15.7. The average molecular weight is 298 g/mol. The van der Waals surface area contributed by atoms with E-state index in [4.69, 9.17) is 10.2 Å². The lowest BCUT2D eigenvalue weighted by molar-refractivity contribution is 0.0652. The SMILES string of the molecule is Cc1ccc(-c2ccc(C(=O)N3CCC[C@H](C)C3)o2)c(N)c1. The van der Waals surface area contributed by atoms with Crippen molar-refractivity contribution in [3.05, 3.63) is 41.7 Å². The maximum atomic E-state index is 12.5. The van der Waals surface area contributed by atoms with Crippen LogP contribution in [0.2, 0.25) is 0 Å². The molecular weight excluding hydrogens is 276 g/mol. The van der Waals surface area contributed by atoms with E-state index in [2.05, 4.69) is 6.92 Å². The summed E-state index contributed by atoms with van der Waals surface area (Å²) in [7, 11) is 0. The average Bonchev–Trinajstić information content (AvgIpc) is 2.96. The molecule has 0 saturated carbocycles. The summed E-state index contributed by atoms with van der Waals surface area (Å²) in [6, 6.07) is 9.40. The van der Waals surface area contributed by atoms with Crippen molar-refractivity contribution >= 4 is 11.6 Å². The molecule has 22 heavy (non-hydrogen) atoms. The minimum absolute atomic E-state index is 0.0246. The standard InChI is InChI=1S/C18H22N2O2/c1-12-5-6-14(15(19)10-12)16-7-8-17(22-16)18(21)20-9-3-4-13(2)11-20/h5-8,10,13H,3-4,9,11,19H2,1-2H3/t13-/m0/s1. The van der Waals surface area contributed by atoms with Crippen molar-refractivity contribution in [1.29, 1.82) is 0 Å². The van der Waals surface area contributed by atoms with Crippen molar-refractivity contribution in [3.63, 3.8) is 0 Å². The first-order chi connectivity index (χ1) is 10.5. The number of anilines is 1. The fourth-order valence-electron chi connectivity index (χ4n) is 3.03. The van der Waals surface area contributed by atoms with Crippen LogP contribution in [-0.2, 0) is 0 Å². The summed E-state index contributed by atoms with van der Waals surface area (Å²) >= 11 is 0. The largest absolute Gasteiger partial charge is 0.451 e. The van der Waals surface area contributed by atoms with Gasteiger partial charge in [-0.3, -0.25) is 4.79 Å². The molecule has 4 heteroatoms. The van der Waals surface area contributed by atoms with Gasteiger partial charge in [-0.25, -0.2) is 0 Å². The van der Waals surface area contributed by atoms with E-state index in [1.165, 1.54) is 6.42 Å². The number of hydrogen-bond acceptors (Lipinski definition) is 3. The molecule has 116 valence electrons. The molecule has 0 aliphatic carbocycles. The quantitative estimate of drug-likeness (QED) is 0.860. The number of amides is 1. The first kappa shape index (κ1) is 14.7. The Labute approximate surface area is 130 Å². The van der Waals surface area contributed by atoms with Gasteiger partial charge in [0.05, 0.1) is 0 Å². The van der Waals surface area contributed by atoms with Gasteiger partial charge in [0.15, 0.2) is 5.76 Å². The summed E-state index contributed by atoms with van der Waals surface area (Å²) in [5.41, 5.74) is 8.64. The van der Waals surface area contributed by atoms with Crippen LogP contribution in [0.5, 0.6) is 0 Å². The number of carbonyl (C=O) groups excluding carboxylic acids is 1. The van der Waals surface area contributed by atoms with Crippen LogP contribution in [0.1, 0.15) is 35.9 Å². The minimum Gasteiger partial charge on any atom is -0.451 e. The smallest absolute Gasteiger partial charge is 0.289 e. The number of nitrogen functional groups attached to an aromatic ring is 1. The second-order valence-corrected chi connectivity index (χ2v) is 6.25. The third-order valence-electron chi connectivity index (χ3n) is 4.23. The molecule has 1 aliphatic heterocycles. The molecule has 0 spiro atoms. The first-order valence-electron chi connectivity index (χ1n) is 7.80. The van der Waals surface area contributed by atoms with Crippen molar-refractivity contribution < 1.29 is 9.21 Å². The van der Waals surface area contributed by atoms with Gasteiger partial charge in [0.2, 0.25) is 0 Å². The van der Waals surface area contributed by atoms with Crippen molar-refractivity contribution in [3.8, 4) is 11.3 Å². The van der Waals surface area contributed by atoms with Gasteiger partial charge < -0.3 is 15.1 Å². The molecule has 1 saturated heterocycles. The third kappa shape index (κ3) is 2.86. The Kier molecular flexibility index (Phi) is 3.92. The second-order valence-electron chi connectivity index (χ2n) is 6.25. The Morgan fingerprint density at radius 3 is 2.86 bits per heavy atom. The van der Waals surface area contributed by atoms with Gasteiger partial charge in [-0.2, -0.15) is 0 Å². The molecule has 2 aromatic rings. The van der Waals surface area contributed by atoms with Crippen LogP contribution in [0.25, 0.3) is 11.3 Å². The maximum absolute atomic E-state index is 12.5. The Balaban J connectivity index is 1.82. The lowest BCUT2D eigenvalue weighted by atomic mass is 10.0. The normalized spacial score (nSPS) is 18.5. The summed E-state index contributed by atoms with van der Waals surface area (Å²) in [6.07, 6.45) is 2.25. The molecule has 1 fully saturated rings. The molecular formula is C18H22N2O2. The summed E-state index contributed by atoms with van der Waals surface area (Å²) in [4.78, 5) is 14.4. The van der Waals surface area contributed by atoms with Crippen molar-refractivity contribution in [2.24, 2.45) is 5.92 Å². The number of benzene rings is 1. The molecule has 0 bridgehead atoms. The molecule has 1 amide bonds. The van der Waals surface area contributed by atoms with Crippen molar-refractivity contribution in [2.45, 2.75) is 26.7 Å². The van der Waals surface area contributed by atoms with Crippen molar-refractivity contribution in [1.82, 2.24) is 4.90 Å². The van der Waals surface area contributed by atoms with Crippen LogP contribution < -0.4 is 5.73 Å². The number of rotatable bonds is 2. The second kappa shape index (κ2) is 5.87. The number of piperidine rings is 1. The number of nitrogens with two attached hydrogens (primary N) is 1. The topological polar surface area (TPSA) is 59.5 Å². The van der Waals surface area contributed by atoms with Gasteiger partial charge in [0.25, 0.3) is 5.91 Å². The molecule has 1 aromatic carbocycles. The molecule has 2 heterocycles. The highest BCUT2D eigenvalue weighted by molar-refractivity contribution is 5.92. The van der Waals surface area contributed by atoms with Crippen LogP contribution in [-0.4, -0.2) is 23.9 Å². The van der Waals surface area contributed by atoms with Crippen LogP contribution in [0, 0.1) is 12.8 Å². The van der Waals surface area contributed by atoms with Gasteiger partial charge in [-0.1, -0.05) is 13.0 Å². The van der Waals surface area contributed by atoms with E-state index in [-0.39, 0.29) is 5.91 Å². The number of likely N-dealkylation sites (tertiary alicyclic amines) is 1. The molecule has 1 aromatic heterocycles. The fraction of sp³-hybridized carbons (Fsp3) is 0.389. The lowest BCUT2D eigenvalue weighted by Gasteiger charge is -2.30. The fourth-order valence-corrected chi connectivity index (χ4v) is 3.03. The zero-order valence-corrected chi connectivity index (χ0v) is 13.1. The van der Waals surface area contributed by atoms with Crippen molar-refractivity contribution in [2.75, 3.05) is 18.8 Å². The van der Waals surface area contributed by atoms with Gasteiger partial charge in [-0.15, -0.1) is 0 Å². The number of nitrogens with zero attached hydrogens (tertiary/aromatic N) is 1. The van der Waals surface area contributed by atoms with Crippen LogP contribution in [0.3, 0.4) is 0 Å². The highest BCUT2D eigenvalue weighted by Gasteiger charge is 2.24. The Bertz CT molecular complexity index is 690. The first-order valence-corrected chi connectivity index (χ1v) is 7.80. The maximum Gasteiger partial charge on any atom is 0.289 e. The molecule has 0 unspecified atom stereocenters. The van der Waals surface area contributed by atoms with E-state index in [1.54, 1.807) is 6.07 Å². The highest BCUT2D eigenvalue weighted by atomic mass is 16.4. The molecule has 0 radical (unpaired) electrons. The summed E-state index contributed by atoms with van der Waals surface area (Å²) in [5, 5.41) is 0. The van der Waals surface area contributed by atoms with Crippen LogP contribution in [0.15, 0.2) is 34.7 Å².